The van der Waals surface area contributed by atoms with Crippen LogP contribution in [0.15, 0.2) is 34.3 Å². The number of carbonyl (C=O) groups excluding carboxylic acids is 1. The topological polar surface area (TPSA) is 186 Å². The molecule has 1 unspecified atom stereocenters. The fourth-order valence-corrected chi connectivity index (χ4v) is 4.51. The number of nitrogens with two attached hydrogens (primary N) is 1. The number of hydrogen-bond acceptors (Lipinski definition) is 9. The van der Waals surface area contributed by atoms with Gasteiger partial charge in [-0.2, -0.15) is 4.98 Å². The summed E-state index contributed by atoms with van der Waals surface area (Å²) in [4.78, 5) is 30.6. The average molecular weight is 549 g/mol. The number of aliphatic hydroxyl groups is 2. The van der Waals surface area contributed by atoms with Crippen LogP contribution >= 0.6 is 0 Å². The first-order valence-corrected chi connectivity index (χ1v) is 14.1. The average Bonchev–Trinajstić information content (AvgIpc) is 3.15. The van der Waals surface area contributed by atoms with Gasteiger partial charge in [-0.15, -0.1) is 0 Å². The minimum absolute atomic E-state index is 0.0323. The number of hydrogen-bond donors (Lipinski definition) is 3. The molecule has 12 nitrogen and oxygen atoms in total. The Morgan fingerprint density at radius 2 is 1.77 bits per heavy atom. The van der Waals surface area contributed by atoms with Crippen molar-refractivity contribution in [1.82, 2.24) is 9.55 Å². The predicted molar refractivity (Wildman–Crippen MR) is 147 cm³/mol. The standard InChI is InChI=1S/C27H44N6O6/c1-2-3-4-5-6-7-8-9-10-11-12-13-14-15-16-17-22(34)38-20-27(31-32-29)24(36)23(35)25(39-27)33-19-18-21(28)30-26(33)37/h9-10,18-19,23-25,35-36H,2-8,11-17,20H2,1H3,(H2,28,30,37)/t23-,24+,25?,27-/m1/s1. The molecule has 0 amide bonds. The van der Waals surface area contributed by atoms with Crippen LogP contribution in [0.4, 0.5) is 5.82 Å². The van der Waals surface area contributed by atoms with Crippen LogP contribution < -0.4 is 11.4 Å². The number of aromatic nitrogens is 2. The number of rotatable bonds is 19. The van der Waals surface area contributed by atoms with E-state index >= 15 is 0 Å². The Balaban J connectivity index is 1.65. The maximum absolute atomic E-state index is 12.3. The summed E-state index contributed by atoms with van der Waals surface area (Å²) in [6.45, 7) is 1.62. The molecule has 1 aliphatic rings. The molecule has 0 radical (unpaired) electrons. The van der Waals surface area contributed by atoms with Gasteiger partial charge in [0.2, 0.25) is 5.72 Å². The van der Waals surface area contributed by atoms with Gasteiger partial charge in [-0.05, 0) is 43.7 Å². The van der Waals surface area contributed by atoms with E-state index in [9.17, 15) is 19.8 Å². The predicted octanol–water partition coefficient (Wildman–Crippen LogP) is 4.66. The third-order valence-electron chi connectivity index (χ3n) is 6.82. The molecular weight excluding hydrogens is 504 g/mol. The second kappa shape index (κ2) is 17.6. The first-order valence-electron chi connectivity index (χ1n) is 14.1. The number of azide groups is 1. The van der Waals surface area contributed by atoms with Crippen LogP contribution in [0.2, 0.25) is 0 Å². The van der Waals surface area contributed by atoms with Gasteiger partial charge in [0.25, 0.3) is 0 Å². The zero-order valence-corrected chi connectivity index (χ0v) is 23.0. The molecule has 4 N–H and O–H groups in total. The monoisotopic (exact) mass is 548 g/mol. The number of allylic oxidation sites excluding steroid dienone is 2. The zero-order chi connectivity index (χ0) is 28.5. The van der Waals surface area contributed by atoms with Crippen molar-refractivity contribution in [3.8, 4) is 0 Å². The highest BCUT2D eigenvalue weighted by molar-refractivity contribution is 5.69. The molecule has 0 aromatic carbocycles. The molecule has 1 aromatic heterocycles. The van der Waals surface area contributed by atoms with Gasteiger partial charge in [-0.3, -0.25) is 9.36 Å². The molecule has 1 saturated heterocycles. The van der Waals surface area contributed by atoms with Gasteiger partial charge in [-0.1, -0.05) is 75.6 Å². The number of carbonyl (C=O) groups is 1. The lowest BCUT2D eigenvalue weighted by molar-refractivity contribution is -0.165. The third kappa shape index (κ3) is 10.6. The molecule has 1 aromatic rings. The van der Waals surface area contributed by atoms with Crippen LogP contribution in [0, 0.1) is 0 Å². The molecule has 39 heavy (non-hydrogen) atoms. The number of esters is 1. The molecule has 0 bridgehead atoms. The SMILES string of the molecule is CCCCCCCCC=CCCCCCCCC(=O)OC[C@@]1(N=[N+]=[N-])OC(n2ccc(N)nc2=O)[C@H](O)[C@@H]1O. The van der Waals surface area contributed by atoms with E-state index in [-0.39, 0.29) is 12.2 Å². The van der Waals surface area contributed by atoms with Crippen molar-refractivity contribution in [3.05, 3.63) is 45.3 Å². The highest BCUT2D eigenvalue weighted by atomic mass is 16.6. The van der Waals surface area contributed by atoms with Gasteiger partial charge in [0.15, 0.2) is 6.23 Å². The zero-order valence-electron chi connectivity index (χ0n) is 23.0. The Hall–Kier alpha value is -2.92. The lowest BCUT2D eigenvalue weighted by atomic mass is 10.1. The summed E-state index contributed by atoms with van der Waals surface area (Å²) >= 11 is 0. The van der Waals surface area contributed by atoms with Crippen LogP contribution in [0.5, 0.6) is 0 Å². The minimum atomic E-state index is -2.10. The number of nitrogens with zero attached hydrogens (tertiary/aromatic N) is 5. The molecule has 0 saturated carbocycles. The molecule has 0 aliphatic carbocycles. The van der Waals surface area contributed by atoms with Gasteiger partial charge < -0.3 is 25.4 Å². The van der Waals surface area contributed by atoms with E-state index in [2.05, 4.69) is 34.1 Å². The molecule has 12 heteroatoms. The van der Waals surface area contributed by atoms with Crippen molar-refractivity contribution >= 4 is 11.8 Å². The second-order valence-corrected chi connectivity index (χ2v) is 10.0. The summed E-state index contributed by atoms with van der Waals surface area (Å²) in [6, 6.07) is 1.31. The van der Waals surface area contributed by atoms with Gasteiger partial charge in [0, 0.05) is 17.5 Å². The van der Waals surface area contributed by atoms with E-state index in [0.29, 0.717) is 6.42 Å². The third-order valence-corrected chi connectivity index (χ3v) is 6.82. The highest BCUT2D eigenvalue weighted by Gasteiger charge is 2.56. The van der Waals surface area contributed by atoms with Crippen molar-refractivity contribution < 1.29 is 24.5 Å². The van der Waals surface area contributed by atoms with Crippen molar-refractivity contribution in [2.45, 2.75) is 121 Å². The van der Waals surface area contributed by atoms with Gasteiger partial charge in [0.1, 0.15) is 24.6 Å². The first-order chi connectivity index (χ1) is 18.8. The molecular formula is C27H44N6O6. The number of unbranched alkanes of at least 4 members (excludes halogenated alkanes) is 11. The van der Waals surface area contributed by atoms with E-state index in [0.717, 1.165) is 43.1 Å². The number of aliphatic hydroxyl groups excluding tert-OH is 2. The smallest absolute Gasteiger partial charge is 0.351 e. The Morgan fingerprint density at radius 3 is 2.38 bits per heavy atom. The van der Waals surface area contributed by atoms with Gasteiger partial charge in [0.05, 0.1) is 0 Å². The molecule has 218 valence electrons. The van der Waals surface area contributed by atoms with Crippen LogP contribution in [-0.4, -0.2) is 50.3 Å². The summed E-state index contributed by atoms with van der Waals surface area (Å²) in [5.74, 6) is -0.574. The van der Waals surface area contributed by atoms with Crippen LogP contribution in [0.1, 0.15) is 103 Å². The summed E-state index contributed by atoms with van der Waals surface area (Å²) < 4.78 is 11.7. The lowest BCUT2D eigenvalue weighted by Crippen LogP contribution is -2.45. The highest BCUT2D eigenvalue weighted by Crippen LogP contribution is 2.38. The Morgan fingerprint density at radius 1 is 1.15 bits per heavy atom. The Labute approximate surface area is 229 Å². The lowest BCUT2D eigenvalue weighted by Gasteiger charge is -2.26. The normalized spacial score (nSPS) is 22.7. The van der Waals surface area contributed by atoms with E-state index in [4.69, 9.17) is 20.7 Å². The van der Waals surface area contributed by atoms with Crippen molar-refractivity contribution in [2.24, 2.45) is 5.11 Å². The quantitative estimate of drug-likeness (QED) is 0.0556. The summed E-state index contributed by atoms with van der Waals surface area (Å²) in [7, 11) is 0. The summed E-state index contributed by atoms with van der Waals surface area (Å²) in [6.07, 6.45) is 16.0. The Bertz CT molecular complexity index is 1010. The number of anilines is 1. The van der Waals surface area contributed by atoms with Crippen LogP contribution in [0.3, 0.4) is 0 Å². The van der Waals surface area contributed by atoms with E-state index in [1.807, 2.05) is 0 Å². The minimum Gasteiger partial charge on any atom is -0.462 e. The molecule has 2 rings (SSSR count). The van der Waals surface area contributed by atoms with Gasteiger partial charge >= 0.3 is 11.7 Å². The molecule has 1 aliphatic heterocycles. The number of nitrogen functional groups attached to an aromatic ring is 1. The molecule has 1 fully saturated rings. The van der Waals surface area contributed by atoms with Crippen molar-refractivity contribution in [1.29, 1.82) is 0 Å². The summed E-state index contributed by atoms with van der Waals surface area (Å²) in [5, 5.41) is 24.5. The maximum Gasteiger partial charge on any atom is 0.351 e. The molecule has 4 atom stereocenters. The largest absolute Gasteiger partial charge is 0.462 e. The van der Waals surface area contributed by atoms with Crippen molar-refractivity contribution in [2.75, 3.05) is 12.3 Å². The molecule has 0 spiro atoms. The van der Waals surface area contributed by atoms with Crippen LogP contribution in [0.25, 0.3) is 10.4 Å². The first kappa shape index (κ1) is 32.3. The van der Waals surface area contributed by atoms with E-state index < -0.39 is 42.4 Å². The van der Waals surface area contributed by atoms with Crippen molar-refractivity contribution in [3.63, 3.8) is 0 Å². The van der Waals surface area contributed by atoms with E-state index in [1.165, 1.54) is 50.8 Å². The number of ether oxygens (including phenoxy) is 2. The fourth-order valence-electron chi connectivity index (χ4n) is 4.51. The van der Waals surface area contributed by atoms with Gasteiger partial charge in [-0.25, -0.2) is 4.79 Å². The molecule has 2 heterocycles. The maximum atomic E-state index is 12.3. The fraction of sp³-hybridized carbons (Fsp3) is 0.741. The Kier molecular flexibility index (Phi) is 14.6. The van der Waals surface area contributed by atoms with Crippen LogP contribution in [-0.2, 0) is 14.3 Å². The second-order valence-electron chi connectivity index (χ2n) is 10.0. The van der Waals surface area contributed by atoms with E-state index in [1.54, 1.807) is 0 Å². The summed E-state index contributed by atoms with van der Waals surface area (Å²) in [5.41, 5.74) is 11.6.